The molecule has 1 saturated carbocycles. The maximum absolute atomic E-state index is 13.0. The molecule has 2 saturated heterocycles. The second kappa shape index (κ2) is 9.91. The van der Waals surface area contributed by atoms with Gasteiger partial charge in [-0.25, -0.2) is 17.7 Å². The minimum atomic E-state index is -3.17. The smallest absolute Gasteiger partial charge is 0.225 e. The zero-order chi connectivity index (χ0) is 22.7. The molecule has 3 aliphatic rings. The van der Waals surface area contributed by atoms with Crippen LogP contribution in [-0.2, 0) is 14.8 Å². The zero-order valence-corrected chi connectivity index (χ0v) is 20.1. The summed E-state index contributed by atoms with van der Waals surface area (Å²) in [6, 6.07) is 2.48. The summed E-state index contributed by atoms with van der Waals surface area (Å²) < 4.78 is 24.9. The molecule has 3 heterocycles. The Morgan fingerprint density at radius 1 is 0.969 bits per heavy atom. The number of hydrogen-bond donors (Lipinski definition) is 1. The molecule has 0 aromatic carbocycles. The Morgan fingerprint density at radius 3 is 2.25 bits per heavy atom. The topological polar surface area (TPSA) is 98.7 Å². The van der Waals surface area contributed by atoms with Crippen LogP contribution in [0.3, 0.4) is 0 Å². The summed E-state index contributed by atoms with van der Waals surface area (Å²) >= 11 is 0. The lowest BCUT2D eigenvalue weighted by atomic mass is 9.96. The SMILES string of the molecule is Cc1cc(N2CCN(C(=O)C3CCN(S(C)(=O)=O)CC3)CC2)nc(NC2CCCCC2)n1. The van der Waals surface area contributed by atoms with Crippen molar-refractivity contribution in [2.75, 3.05) is 55.7 Å². The summed E-state index contributed by atoms with van der Waals surface area (Å²) in [5.41, 5.74) is 0.949. The predicted octanol–water partition coefficient (Wildman–Crippen LogP) is 1.85. The highest BCUT2D eigenvalue weighted by molar-refractivity contribution is 7.88. The van der Waals surface area contributed by atoms with Gasteiger partial charge in [0, 0.05) is 63.0 Å². The van der Waals surface area contributed by atoms with Crippen LogP contribution in [0.4, 0.5) is 11.8 Å². The van der Waals surface area contributed by atoms with Gasteiger partial charge in [-0.15, -0.1) is 0 Å². The Bertz CT molecular complexity index is 902. The molecule has 0 radical (unpaired) electrons. The maximum Gasteiger partial charge on any atom is 0.225 e. The van der Waals surface area contributed by atoms with Crippen LogP contribution in [0.15, 0.2) is 6.07 Å². The maximum atomic E-state index is 13.0. The largest absolute Gasteiger partial charge is 0.353 e. The molecule has 9 nitrogen and oxygen atoms in total. The highest BCUT2D eigenvalue weighted by Crippen LogP contribution is 2.24. The van der Waals surface area contributed by atoms with E-state index < -0.39 is 10.0 Å². The Labute approximate surface area is 191 Å². The molecule has 4 rings (SSSR count). The van der Waals surface area contributed by atoms with E-state index in [1.165, 1.54) is 42.7 Å². The van der Waals surface area contributed by atoms with E-state index in [-0.39, 0.29) is 11.8 Å². The first-order valence-electron chi connectivity index (χ1n) is 11.9. The third-order valence-corrected chi connectivity index (χ3v) is 8.27. The molecule has 32 heavy (non-hydrogen) atoms. The molecule has 3 fully saturated rings. The fourth-order valence-electron chi connectivity index (χ4n) is 5.06. The average molecular weight is 465 g/mol. The van der Waals surface area contributed by atoms with Crippen LogP contribution >= 0.6 is 0 Å². The molecule has 0 bridgehead atoms. The molecule has 1 aromatic heterocycles. The number of amides is 1. The summed E-state index contributed by atoms with van der Waals surface area (Å²) in [6.45, 7) is 5.69. The quantitative estimate of drug-likeness (QED) is 0.710. The molecule has 0 unspecified atom stereocenters. The van der Waals surface area contributed by atoms with Gasteiger partial charge < -0.3 is 15.1 Å². The highest BCUT2D eigenvalue weighted by atomic mass is 32.2. The molecule has 2 aliphatic heterocycles. The second-order valence-electron chi connectivity index (χ2n) is 9.42. The van der Waals surface area contributed by atoms with E-state index in [1.807, 2.05) is 17.9 Å². The Kier molecular flexibility index (Phi) is 7.19. The van der Waals surface area contributed by atoms with Gasteiger partial charge in [-0.1, -0.05) is 19.3 Å². The van der Waals surface area contributed by atoms with Crippen molar-refractivity contribution in [1.82, 2.24) is 19.2 Å². The molecule has 10 heteroatoms. The van der Waals surface area contributed by atoms with E-state index in [1.54, 1.807) is 0 Å². The number of sulfonamides is 1. The first-order valence-corrected chi connectivity index (χ1v) is 13.8. The van der Waals surface area contributed by atoms with Crippen LogP contribution < -0.4 is 10.2 Å². The number of nitrogens with one attached hydrogen (secondary N) is 1. The molecule has 1 amide bonds. The summed E-state index contributed by atoms with van der Waals surface area (Å²) in [6.07, 6.45) is 8.64. The van der Waals surface area contributed by atoms with Gasteiger partial charge >= 0.3 is 0 Å². The molecule has 1 aliphatic carbocycles. The van der Waals surface area contributed by atoms with Gasteiger partial charge in [-0.05, 0) is 32.6 Å². The number of piperidine rings is 1. The van der Waals surface area contributed by atoms with Crippen LogP contribution in [0.2, 0.25) is 0 Å². The van der Waals surface area contributed by atoms with Crippen LogP contribution in [0.5, 0.6) is 0 Å². The molecule has 1 aromatic rings. The summed E-state index contributed by atoms with van der Waals surface area (Å²) in [4.78, 5) is 26.5. The fraction of sp³-hybridized carbons (Fsp3) is 0.773. The average Bonchev–Trinajstić information content (AvgIpc) is 2.78. The number of aromatic nitrogens is 2. The number of hydrogen-bond acceptors (Lipinski definition) is 7. The van der Waals surface area contributed by atoms with Crippen molar-refractivity contribution in [3.63, 3.8) is 0 Å². The molecular weight excluding hydrogens is 428 g/mol. The predicted molar refractivity (Wildman–Crippen MR) is 125 cm³/mol. The lowest BCUT2D eigenvalue weighted by molar-refractivity contribution is -0.137. The van der Waals surface area contributed by atoms with Crippen molar-refractivity contribution in [2.45, 2.75) is 57.9 Å². The molecule has 0 atom stereocenters. The number of piperazine rings is 1. The van der Waals surface area contributed by atoms with Crippen molar-refractivity contribution in [1.29, 1.82) is 0 Å². The third-order valence-electron chi connectivity index (χ3n) is 6.97. The number of rotatable bonds is 5. The minimum Gasteiger partial charge on any atom is -0.353 e. The van der Waals surface area contributed by atoms with Gasteiger partial charge in [0.2, 0.25) is 21.9 Å². The Morgan fingerprint density at radius 2 is 1.62 bits per heavy atom. The van der Waals surface area contributed by atoms with Gasteiger partial charge in [-0.2, -0.15) is 4.98 Å². The first-order chi connectivity index (χ1) is 15.3. The first kappa shape index (κ1) is 23.2. The molecule has 178 valence electrons. The minimum absolute atomic E-state index is 0.0767. The molecule has 0 spiro atoms. The van der Waals surface area contributed by atoms with E-state index in [0.717, 1.165) is 24.6 Å². The van der Waals surface area contributed by atoms with E-state index in [4.69, 9.17) is 4.98 Å². The van der Waals surface area contributed by atoms with Crippen LogP contribution in [0.25, 0.3) is 0 Å². The Balaban J connectivity index is 1.31. The van der Waals surface area contributed by atoms with Crippen molar-refractivity contribution in [3.05, 3.63) is 11.8 Å². The summed E-state index contributed by atoms with van der Waals surface area (Å²) in [5, 5.41) is 3.53. The van der Waals surface area contributed by atoms with Crippen molar-refractivity contribution < 1.29 is 13.2 Å². The van der Waals surface area contributed by atoms with E-state index in [2.05, 4.69) is 15.2 Å². The van der Waals surface area contributed by atoms with Gasteiger partial charge in [0.15, 0.2) is 0 Å². The Hall–Kier alpha value is -1.94. The van der Waals surface area contributed by atoms with Crippen LogP contribution in [0, 0.1) is 12.8 Å². The molecule has 1 N–H and O–H groups in total. The number of carbonyl (C=O) groups is 1. The molecular formula is C22H36N6O3S. The lowest BCUT2D eigenvalue weighted by Gasteiger charge is -2.38. The van der Waals surface area contributed by atoms with E-state index >= 15 is 0 Å². The number of anilines is 2. The number of nitrogens with zero attached hydrogens (tertiary/aromatic N) is 5. The van der Waals surface area contributed by atoms with Crippen molar-refractivity contribution in [3.8, 4) is 0 Å². The monoisotopic (exact) mass is 464 g/mol. The highest BCUT2D eigenvalue weighted by Gasteiger charge is 2.33. The van der Waals surface area contributed by atoms with E-state index in [0.29, 0.717) is 51.0 Å². The van der Waals surface area contributed by atoms with Crippen molar-refractivity contribution in [2.24, 2.45) is 5.92 Å². The standard InChI is InChI=1S/C22H36N6O3S/c1-17-16-20(25-22(23-17)24-19-6-4-3-5-7-19)26-12-14-27(15-13-26)21(29)18-8-10-28(11-9-18)32(2,30)31/h16,18-19H,3-15H2,1-2H3,(H,23,24,25). The third kappa shape index (κ3) is 5.70. The van der Waals surface area contributed by atoms with Gasteiger partial charge in [-0.3, -0.25) is 4.79 Å². The van der Waals surface area contributed by atoms with Crippen LogP contribution in [0.1, 0.15) is 50.6 Å². The van der Waals surface area contributed by atoms with Gasteiger partial charge in [0.05, 0.1) is 6.26 Å². The lowest BCUT2D eigenvalue weighted by Crippen LogP contribution is -2.52. The van der Waals surface area contributed by atoms with Gasteiger partial charge in [0.1, 0.15) is 5.82 Å². The normalized spacial score (nSPS) is 22.2. The van der Waals surface area contributed by atoms with Crippen LogP contribution in [-0.4, -0.2) is 85.1 Å². The second-order valence-corrected chi connectivity index (χ2v) is 11.4. The zero-order valence-electron chi connectivity index (χ0n) is 19.3. The van der Waals surface area contributed by atoms with Gasteiger partial charge in [0.25, 0.3) is 0 Å². The number of aryl methyl sites for hydroxylation is 1. The summed E-state index contributed by atoms with van der Waals surface area (Å²) in [7, 11) is -3.17. The van der Waals surface area contributed by atoms with Crippen molar-refractivity contribution >= 4 is 27.7 Å². The van der Waals surface area contributed by atoms with E-state index in [9.17, 15) is 13.2 Å². The number of carbonyl (C=O) groups excluding carboxylic acids is 1. The summed E-state index contributed by atoms with van der Waals surface area (Å²) in [5.74, 6) is 1.72. The fourth-order valence-corrected chi connectivity index (χ4v) is 5.93.